The monoisotopic (exact) mass is 342 g/mol. The van der Waals surface area contributed by atoms with Gasteiger partial charge in [-0.25, -0.2) is 0 Å². The Morgan fingerprint density at radius 1 is 1.40 bits per heavy atom. The van der Waals surface area contributed by atoms with Crippen LogP contribution in [0.4, 0.5) is 0 Å². The first kappa shape index (κ1) is 17.6. The number of carbonyl (C=O) groups excluding carboxylic acids is 1. The lowest BCUT2D eigenvalue weighted by Crippen LogP contribution is -2.38. The zero-order chi connectivity index (χ0) is 18.0. The Balaban J connectivity index is 1.78. The van der Waals surface area contributed by atoms with Crippen LogP contribution in [0.15, 0.2) is 28.8 Å². The highest BCUT2D eigenvalue weighted by Gasteiger charge is 2.24. The number of hydrogen-bond donors (Lipinski definition) is 1. The molecule has 1 aromatic carbocycles. The van der Waals surface area contributed by atoms with Gasteiger partial charge in [-0.1, -0.05) is 38.1 Å². The van der Waals surface area contributed by atoms with Crippen LogP contribution >= 0.6 is 0 Å². The van der Waals surface area contributed by atoms with Crippen LogP contribution in [0.2, 0.25) is 0 Å². The smallest absolute Gasteiger partial charge is 0.253 e. The Morgan fingerprint density at radius 3 is 2.88 bits per heavy atom. The predicted molar refractivity (Wildman–Crippen MR) is 96.3 cm³/mol. The van der Waals surface area contributed by atoms with Gasteiger partial charge in [0.2, 0.25) is 11.7 Å². The van der Waals surface area contributed by atoms with Crippen molar-refractivity contribution in [3.05, 3.63) is 35.7 Å². The van der Waals surface area contributed by atoms with Gasteiger partial charge < -0.3 is 14.7 Å². The molecule has 1 aromatic heterocycles. The zero-order valence-electron chi connectivity index (χ0n) is 15.4. The van der Waals surface area contributed by atoms with E-state index in [0.717, 1.165) is 31.5 Å². The van der Waals surface area contributed by atoms with Crippen molar-refractivity contribution in [1.29, 1.82) is 0 Å². The van der Waals surface area contributed by atoms with Crippen LogP contribution in [0.5, 0.6) is 0 Å². The van der Waals surface area contributed by atoms with E-state index in [9.17, 15) is 4.79 Å². The van der Waals surface area contributed by atoms with E-state index in [4.69, 9.17) is 4.52 Å². The minimum Gasteiger partial charge on any atom is -0.339 e. The van der Waals surface area contributed by atoms with Crippen LogP contribution < -0.4 is 5.32 Å². The molecule has 134 valence electrons. The average Bonchev–Trinajstić information content (AvgIpc) is 3.24. The maximum absolute atomic E-state index is 12.7. The number of nitrogens with one attached hydrogen (secondary N) is 1. The number of carbonyl (C=O) groups is 1. The molecule has 2 aromatic rings. The lowest BCUT2D eigenvalue weighted by atomic mass is 9.92. The summed E-state index contributed by atoms with van der Waals surface area (Å²) in [6.07, 6.45) is 1.71. The van der Waals surface area contributed by atoms with Gasteiger partial charge in [0.15, 0.2) is 0 Å². The summed E-state index contributed by atoms with van der Waals surface area (Å²) in [5.74, 6) is 1.17. The van der Waals surface area contributed by atoms with Crippen molar-refractivity contribution < 1.29 is 9.32 Å². The highest BCUT2D eigenvalue weighted by molar-refractivity contribution is 5.95. The molecule has 2 heterocycles. The molecule has 1 saturated heterocycles. The molecule has 1 fully saturated rings. The van der Waals surface area contributed by atoms with Crippen molar-refractivity contribution in [3.63, 3.8) is 0 Å². The molecule has 1 amide bonds. The van der Waals surface area contributed by atoms with Gasteiger partial charge in [-0.2, -0.15) is 4.98 Å². The molecule has 0 spiro atoms. The third-order valence-corrected chi connectivity index (χ3v) is 4.42. The van der Waals surface area contributed by atoms with E-state index < -0.39 is 0 Å². The Morgan fingerprint density at radius 2 is 2.20 bits per heavy atom. The normalized spacial score (nSPS) is 17.7. The van der Waals surface area contributed by atoms with Crippen LogP contribution in [0.1, 0.15) is 43.4 Å². The predicted octanol–water partition coefficient (Wildman–Crippen LogP) is 2.76. The first-order valence-electron chi connectivity index (χ1n) is 8.74. The van der Waals surface area contributed by atoms with Crippen molar-refractivity contribution in [3.8, 4) is 11.4 Å². The highest BCUT2D eigenvalue weighted by atomic mass is 16.5. The fraction of sp³-hybridized carbons (Fsp3) is 0.526. The summed E-state index contributed by atoms with van der Waals surface area (Å²) in [4.78, 5) is 19.0. The van der Waals surface area contributed by atoms with E-state index in [-0.39, 0.29) is 17.4 Å². The Bertz CT molecular complexity index is 742. The van der Waals surface area contributed by atoms with Gasteiger partial charge in [0.25, 0.3) is 5.91 Å². The summed E-state index contributed by atoms with van der Waals surface area (Å²) in [7, 11) is 1.86. The molecule has 0 saturated carbocycles. The van der Waals surface area contributed by atoms with Gasteiger partial charge in [0, 0.05) is 37.2 Å². The van der Waals surface area contributed by atoms with Crippen LogP contribution in [0.3, 0.4) is 0 Å². The van der Waals surface area contributed by atoms with Crippen molar-refractivity contribution >= 4 is 5.91 Å². The van der Waals surface area contributed by atoms with Crippen LogP contribution in [0, 0.1) is 5.41 Å². The van der Waals surface area contributed by atoms with Gasteiger partial charge in [-0.15, -0.1) is 0 Å². The molecule has 6 nitrogen and oxygen atoms in total. The molecule has 0 bridgehead atoms. The number of likely N-dealkylation sites (N-methyl/N-ethyl adjacent to an activating group) is 1. The van der Waals surface area contributed by atoms with Crippen molar-refractivity contribution in [1.82, 2.24) is 20.4 Å². The van der Waals surface area contributed by atoms with Crippen LogP contribution in [-0.2, 0) is 6.42 Å². The maximum Gasteiger partial charge on any atom is 0.253 e. The largest absolute Gasteiger partial charge is 0.339 e. The topological polar surface area (TPSA) is 71.3 Å². The van der Waals surface area contributed by atoms with Crippen LogP contribution in [-0.4, -0.2) is 47.1 Å². The van der Waals surface area contributed by atoms with Gasteiger partial charge >= 0.3 is 0 Å². The molecule has 1 N–H and O–H groups in total. The van der Waals surface area contributed by atoms with Gasteiger partial charge in [0.05, 0.1) is 0 Å². The first-order valence-corrected chi connectivity index (χ1v) is 8.74. The molecule has 6 heteroatoms. The summed E-state index contributed by atoms with van der Waals surface area (Å²) in [6, 6.07) is 7.69. The van der Waals surface area contributed by atoms with Gasteiger partial charge in [-0.05, 0) is 30.5 Å². The van der Waals surface area contributed by atoms with Crippen molar-refractivity contribution in [2.24, 2.45) is 5.41 Å². The minimum atomic E-state index is 0.0222. The molecule has 3 rings (SSSR count). The lowest BCUT2D eigenvalue weighted by molar-refractivity contribution is 0.0744. The van der Waals surface area contributed by atoms with E-state index in [1.54, 1.807) is 0 Å². The molecule has 0 radical (unpaired) electrons. The number of amides is 1. The third kappa shape index (κ3) is 4.25. The van der Waals surface area contributed by atoms with E-state index in [1.807, 2.05) is 36.2 Å². The summed E-state index contributed by atoms with van der Waals surface area (Å²) >= 11 is 0. The van der Waals surface area contributed by atoms with Crippen molar-refractivity contribution in [2.75, 3.05) is 20.1 Å². The van der Waals surface area contributed by atoms with Crippen LogP contribution in [0.25, 0.3) is 11.4 Å². The van der Waals surface area contributed by atoms with E-state index in [1.165, 1.54) is 0 Å². The third-order valence-electron chi connectivity index (χ3n) is 4.42. The molecule has 1 aliphatic rings. The fourth-order valence-corrected chi connectivity index (χ4v) is 3.03. The number of nitrogens with zero attached hydrogens (tertiary/aromatic N) is 3. The molecular formula is C19H26N4O2. The average molecular weight is 342 g/mol. The first-order chi connectivity index (χ1) is 11.8. The fourth-order valence-electron chi connectivity index (χ4n) is 3.03. The Labute approximate surface area is 148 Å². The Kier molecular flexibility index (Phi) is 4.90. The number of hydrogen-bond acceptors (Lipinski definition) is 5. The standard InChI is InChI=1S/C19H26N4O2/c1-19(2,3)11-16-21-17(22-25-16)13-6-5-7-14(10-13)18(24)23(4)15-8-9-20-12-15/h5-7,10,15,20H,8-9,11-12H2,1-4H3. The number of aromatic nitrogens is 2. The number of rotatable bonds is 4. The molecular weight excluding hydrogens is 316 g/mol. The molecule has 25 heavy (non-hydrogen) atoms. The molecule has 0 aliphatic carbocycles. The second-order valence-electron chi connectivity index (χ2n) is 7.89. The summed E-state index contributed by atoms with van der Waals surface area (Å²) < 4.78 is 5.36. The van der Waals surface area contributed by atoms with E-state index >= 15 is 0 Å². The minimum absolute atomic E-state index is 0.0222. The summed E-state index contributed by atoms with van der Waals surface area (Å²) in [5, 5.41) is 7.36. The van der Waals surface area contributed by atoms with E-state index in [0.29, 0.717) is 17.3 Å². The molecule has 1 aliphatic heterocycles. The Hall–Kier alpha value is -2.21. The van der Waals surface area contributed by atoms with Gasteiger partial charge in [-0.3, -0.25) is 4.79 Å². The van der Waals surface area contributed by atoms with E-state index in [2.05, 4.69) is 36.2 Å². The lowest BCUT2D eigenvalue weighted by Gasteiger charge is -2.23. The van der Waals surface area contributed by atoms with Crippen molar-refractivity contribution in [2.45, 2.75) is 39.7 Å². The maximum atomic E-state index is 12.7. The quantitative estimate of drug-likeness (QED) is 0.925. The summed E-state index contributed by atoms with van der Waals surface area (Å²) in [6.45, 7) is 8.20. The molecule has 1 atom stereocenters. The number of benzene rings is 1. The SMILES string of the molecule is CN(C(=O)c1cccc(-c2noc(CC(C)(C)C)n2)c1)C1CCNC1. The molecule has 1 unspecified atom stereocenters. The van der Waals surface area contributed by atoms with Gasteiger partial charge in [0.1, 0.15) is 0 Å². The highest BCUT2D eigenvalue weighted by Crippen LogP contribution is 2.23. The second-order valence-corrected chi connectivity index (χ2v) is 7.89. The zero-order valence-corrected chi connectivity index (χ0v) is 15.4. The summed E-state index contributed by atoms with van der Waals surface area (Å²) in [5.41, 5.74) is 1.53. The second kappa shape index (κ2) is 6.96.